The molecule has 1 aliphatic heterocycles. The third kappa shape index (κ3) is 2.67. The zero-order valence-corrected chi connectivity index (χ0v) is 12.0. The van der Waals surface area contributed by atoms with Crippen molar-refractivity contribution in [2.45, 2.75) is 11.2 Å². The number of alkyl halides is 1. The van der Waals surface area contributed by atoms with Crippen molar-refractivity contribution in [2.24, 2.45) is 0 Å². The largest absolute Gasteiger partial charge is 0.465 e. The van der Waals surface area contributed by atoms with E-state index in [4.69, 9.17) is 11.6 Å². The number of rotatable bonds is 2. The average Bonchev–Trinajstić information content (AvgIpc) is 2.66. The highest BCUT2D eigenvalue weighted by Crippen LogP contribution is 2.28. The van der Waals surface area contributed by atoms with Crippen molar-refractivity contribution in [3.05, 3.63) is 28.8 Å². The first kappa shape index (κ1) is 13.4. The number of amides is 1. The van der Waals surface area contributed by atoms with Gasteiger partial charge in [-0.2, -0.15) is 0 Å². The molecule has 6 heteroatoms. The van der Waals surface area contributed by atoms with Gasteiger partial charge in [0.1, 0.15) is 0 Å². The zero-order valence-electron chi connectivity index (χ0n) is 9.65. The molecule has 96 valence electrons. The molecule has 4 nitrogen and oxygen atoms in total. The van der Waals surface area contributed by atoms with Gasteiger partial charge in [-0.1, -0.05) is 27.5 Å². The van der Waals surface area contributed by atoms with Gasteiger partial charge in [0.05, 0.1) is 12.7 Å². The summed E-state index contributed by atoms with van der Waals surface area (Å²) in [6, 6.07) is 4.79. The third-order valence-corrected chi connectivity index (χ3v) is 3.52. The van der Waals surface area contributed by atoms with E-state index in [1.165, 1.54) is 13.2 Å². The summed E-state index contributed by atoms with van der Waals surface area (Å²) in [5, 5.41) is 0.402. The minimum atomic E-state index is -0.471. The normalized spacial score (nSPS) is 19.2. The predicted molar refractivity (Wildman–Crippen MR) is 72.5 cm³/mol. The van der Waals surface area contributed by atoms with E-state index >= 15 is 0 Å². The van der Waals surface area contributed by atoms with Crippen LogP contribution in [-0.2, 0) is 9.53 Å². The van der Waals surface area contributed by atoms with Gasteiger partial charge >= 0.3 is 5.97 Å². The Balaban J connectivity index is 2.36. The fraction of sp³-hybridized carbons (Fsp3) is 0.333. The number of carbonyl (C=O) groups excluding carboxylic acids is 2. The van der Waals surface area contributed by atoms with Crippen LogP contribution in [0.25, 0.3) is 0 Å². The molecule has 1 aromatic rings. The molecular formula is C12H11BrClNO3. The smallest absolute Gasteiger partial charge is 0.337 e. The first-order valence-electron chi connectivity index (χ1n) is 5.34. The van der Waals surface area contributed by atoms with Crippen LogP contribution in [0.15, 0.2) is 18.2 Å². The molecule has 2 rings (SSSR count). The minimum Gasteiger partial charge on any atom is -0.465 e. The van der Waals surface area contributed by atoms with E-state index in [1.54, 1.807) is 17.0 Å². The van der Waals surface area contributed by atoms with Crippen LogP contribution in [-0.4, -0.2) is 30.4 Å². The molecule has 1 aliphatic rings. The topological polar surface area (TPSA) is 46.6 Å². The standard InChI is InChI=1S/C12H11BrClNO3/c1-18-12(17)7-2-9(14)5-10(3-7)15-6-8(13)4-11(15)16/h2-3,5,8H,4,6H2,1H3. The molecule has 0 bridgehead atoms. The number of benzene rings is 1. The van der Waals surface area contributed by atoms with E-state index in [0.29, 0.717) is 29.2 Å². The van der Waals surface area contributed by atoms with Crippen LogP contribution in [0.1, 0.15) is 16.8 Å². The quantitative estimate of drug-likeness (QED) is 0.618. The number of halogens is 2. The van der Waals surface area contributed by atoms with Gasteiger partial charge in [-0.25, -0.2) is 4.79 Å². The first-order chi connectivity index (χ1) is 8.51. The van der Waals surface area contributed by atoms with Crippen LogP contribution in [0, 0.1) is 0 Å². The lowest BCUT2D eigenvalue weighted by molar-refractivity contribution is -0.117. The van der Waals surface area contributed by atoms with Crippen molar-refractivity contribution in [2.75, 3.05) is 18.6 Å². The predicted octanol–water partition coefficient (Wildman–Crippen LogP) is 2.63. The van der Waals surface area contributed by atoms with E-state index in [1.807, 2.05) is 0 Å². The summed E-state index contributed by atoms with van der Waals surface area (Å²) in [5.41, 5.74) is 0.959. The molecule has 0 saturated carbocycles. The maximum atomic E-state index is 11.8. The number of hydrogen-bond acceptors (Lipinski definition) is 3. The van der Waals surface area contributed by atoms with Crippen LogP contribution in [0.2, 0.25) is 5.02 Å². The fourth-order valence-electron chi connectivity index (χ4n) is 1.88. The molecule has 0 radical (unpaired) electrons. The summed E-state index contributed by atoms with van der Waals surface area (Å²) < 4.78 is 4.65. The second-order valence-corrected chi connectivity index (χ2v) is 5.73. The van der Waals surface area contributed by atoms with Crippen LogP contribution in [0.3, 0.4) is 0 Å². The fourth-order valence-corrected chi connectivity index (χ4v) is 2.68. The second kappa shape index (κ2) is 5.28. The van der Waals surface area contributed by atoms with Crippen molar-refractivity contribution < 1.29 is 14.3 Å². The van der Waals surface area contributed by atoms with E-state index in [0.717, 1.165) is 0 Å². The molecule has 0 spiro atoms. The zero-order chi connectivity index (χ0) is 13.3. The Hall–Kier alpha value is -1.07. The highest BCUT2D eigenvalue weighted by molar-refractivity contribution is 9.09. The Morgan fingerprint density at radius 2 is 2.22 bits per heavy atom. The Morgan fingerprint density at radius 3 is 2.78 bits per heavy atom. The lowest BCUT2D eigenvalue weighted by Gasteiger charge is -2.17. The van der Waals surface area contributed by atoms with Crippen molar-refractivity contribution in [1.82, 2.24) is 0 Å². The van der Waals surface area contributed by atoms with Crippen molar-refractivity contribution >= 4 is 45.1 Å². The summed E-state index contributed by atoms with van der Waals surface area (Å²) in [7, 11) is 1.30. The summed E-state index contributed by atoms with van der Waals surface area (Å²) >= 11 is 9.37. The van der Waals surface area contributed by atoms with Crippen LogP contribution >= 0.6 is 27.5 Å². The molecule has 0 aliphatic carbocycles. The van der Waals surface area contributed by atoms with Crippen LogP contribution < -0.4 is 4.90 Å². The molecule has 0 aromatic heterocycles. The highest BCUT2D eigenvalue weighted by atomic mass is 79.9. The molecule has 1 aromatic carbocycles. The molecule has 1 fully saturated rings. The van der Waals surface area contributed by atoms with Crippen molar-refractivity contribution in [3.63, 3.8) is 0 Å². The number of nitrogens with zero attached hydrogens (tertiary/aromatic N) is 1. The lowest BCUT2D eigenvalue weighted by atomic mass is 10.2. The van der Waals surface area contributed by atoms with Crippen LogP contribution in [0.5, 0.6) is 0 Å². The van der Waals surface area contributed by atoms with Gasteiger partial charge in [-0.15, -0.1) is 0 Å². The average molecular weight is 333 g/mol. The number of hydrogen-bond donors (Lipinski definition) is 0. The van der Waals surface area contributed by atoms with Gasteiger partial charge in [0, 0.05) is 28.5 Å². The molecule has 1 unspecified atom stereocenters. The highest BCUT2D eigenvalue weighted by Gasteiger charge is 2.29. The van der Waals surface area contributed by atoms with Crippen LogP contribution in [0.4, 0.5) is 5.69 Å². The molecule has 1 amide bonds. The third-order valence-electron chi connectivity index (χ3n) is 2.69. The van der Waals surface area contributed by atoms with E-state index in [-0.39, 0.29) is 10.7 Å². The summed E-state index contributed by atoms with van der Waals surface area (Å²) in [6.45, 7) is 0.569. The minimum absolute atomic E-state index is 0.00922. The van der Waals surface area contributed by atoms with Gasteiger partial charge in [-0.3, -0.25) is 4.79 Å². The van der Waals surface area contributed by atoms with Gasteiger partial charge in [-0.05, 0) is 18.2 Å². The maximum Gasteiger partial charge on any atom is 0.337 e. The molecule has 18 heavy (non-hydrogen) atoms. The summed E-state index contributed by atoms with van der Waals surface area (Å²) in [6.07, 6.45) is 0.445. The van der Waals surface area contributed by atoms with E-state index < -0.39 is 5.97 Å². The second-order valence-electron chi connectivity index (χ2n) is 4.00. The van der Waals surface area contributed by atoms with E-state index in [9.17, 15) is 9.59 Å². The monoisotopic (exact) mass is 331 g/mol. The SMILES string of the molecule is COC(=O)c1cc(Cl)cc(N2CC(Br)CC2=O)c1. The molecule has 1 atom stereocenters. The Labute approximate surface area is 118 Å². The Morgan fingerprint density at radius 1 is 1.50 bits per heavy atom. The number of carbonyl (C=O) groups is 2. The van der Waals surface area contributed by atoms with E-state index in [2.05, 4.69) is 20.7 Å². The molecule has 1 saturated heterocycles. The first-order valence-corrected chi connectivity index (χ1v) is 6.64. The molecular weight excluding hydrogens is 321 g/mol. The Bertz CT molecular complexity index is 506. The summed E-state index contributed by atoms with van der Waals surface area (Å²) in [4.78, 5) is 25.0. The van der Waals surface area contributed by atoms with Crippen molar-refractivity contribution in [1.29, 1.82) is 0 Å². The van der Waals surface area contributed by atoms with Gasteiger partial charge < -0.3 is 9.64 Å². The van der Waals surface area contributed by atoms with Gasteiger partial charge in [0.15, 0.2) is 0 Å². The van der Waals surface area contributed by atoms with Gasteiger partial charge in [0.25, 0.3) is 0 Å². The summed E-state index contributed by atoms with van der Waals surface area (Å²) in [5.74, 6) is -0.462. The molecule has 0 N–H and O–H groups in total. The van der Waals surface area contributed by atoms with Crippen molar-refractivity contribution in [3.8, 4) is 0 Å². The number of ether oxygens (including phenoxy) is 1. The lowest BCUT2D eigenvalue weighted by Crippen LogP contribution is -2.24. The van der Waals surface area contributed by atoms with Gasteiger partial charge in [0.2, 0.25) is 5.91 Å². The maximum absolute atomic E-state index is 11.8. The number of methoxy groups -OCH3 is 1. The molecule has 1 heterocycles. The Kier molecular flexibility index (Phi) is 3.92. The number of anilines is 1. The number of esters is 1.